The number of aryl methyl sites for hydroxylation is 1. The Hall–Kier alpha value is -4.22. The van der Waals surface area contributed by atoms with Crippen LogP contribution in [-0.2, 0) is 4.74 Å². The number of fused-ring (bicyclic) bond motifs is 1. The van der Waals surface area contributed by atoms with Gasteiger partial charge in [-0.15, -0.1) is 0 Å². The second-order valence-corrected chi connectivity index (χ2v) is 9.00. The van der Waals surface area contributed by atoms with E-state index in [4.69, 9.17) is 20.5 Å². The number of rotatable bonds is 5. The molecule has 3 aromatic heterocycles. The van der Waals surface area contributed by atoms with Crippen LogP contribution in [0.2, 0.25) is 0 Å². The summed E-state index contributed by atoms with van der Waals surface area (Å²) >= 11 is 0. The highest BCUT2D eigenvalue weighted by Gasteiger charge is 2.20. The second kappa shape index (κ2) is 9.80. The minimum absolute atomic E-state index is 0.0560. The van der Waals surface area contributed by atoms with Gasteiger partial charge < -0.3 is 18.8 Å². The summed E-state index contributed by atoms with van der Waals surface area (Å²) in [6, 6.07) is 11.1. The van der Waals surface area contributed by atoms with Crippen LogP contribution in [0, 0.1) is 13.5 Å². The molecule has 0 saturated carbocycles. The number of ether oxygens (including phenoxy) is 2. The molecule has 0 spiro atoms. The molecule has 8 heteroatoms. The smallest absolute Gasteiger partial charge is 0.254 e. The average molecular weight is 483 g/mol. The molecule has 1 aromatic carbocycles. The number of nitrogens with zero attached hydrogens (tertiary/aromatic N) is 4. The highest BCUT2D eigenvalue weighted by Crippen LogP contribution is 2.38. The molecule has 0 radical (unpaired) electrons. The van der Waals surface area contributed by atoms with E-state index < -0.39 is 0 Å². The zero-order valence-electron chi connectivity index (χ0n) is 20.4. The van der Waals surface area contributed by atoms with Crippen LogP contribution in [0.15, 0.2) is 53.2 Å². The molecule has 8 nitrogen and oxygen atoms in total. The van der Waals surface area contributed by atoms with E-state index in [2.05, 4.69) is 14.8 Å². The largest absolute Gasteiger partial charge is 0.501 e. The Morgan fingerprint density at radius 1 is 1.14 bits per heavy atom. The van der Waals surface area contributed by atoms with Gasteiger partial charge in [-0.05, 0) is 42.3 Å². The summed E-state index contributed by atoms with van der Waals surface area (Å²) < 4.78 is 17.8. The van der Waals surface area contributed by atoms with E-state index in [1.807, 2.05) is 43.3 Å². The zero-order valence-corrected chi connectivity index (χ0v) is 20.4. The third-order valence-corrected chi connectivity index (χ3v) is 6.23. The lowest BCUT2D eigenvalue weighted by molar-refractivity contribution is 0.0259. The summed E-state index contributed by atoms with van der Waals surface area (Å²) in [5, 5.41) is 0. The van der Waals surface area contributed by atoms with Crippen molar-refractivity contribution in [2.45, 2.75) is 25.9 Å². The molecule has 4 heterocycles. The number of aromatic nitrogens is 2. The quantitative estimate of drug-likeness (QED) is 0.341. The molecule has 1 amide bonds. The molecule has 0 unspecified atom stereocenters. The van der Waals surface area contributed by atoms with Crippen LogP contribution in [0.4, 0.5) is 5.69 Å². The van der Waals surface area contributed by atoms with E-state index in [1.165, 1.54) is 4.90 Å². The van der Waals surface area contributed by atoms with Gasteiger partial charge in [0.2, 0.25) is 5.69 Å². The Kier molecular flexibility index (Phi) is 6.40. The van der Waals surface area contributed by atoms with Gasteiger partial charge in [-0.1, -0.05) is 6.07 Å². The molecule has 0 N–H and O–H groups in total. The highest BCUT2D eigenvalue weighted by atomic mass is 16.5. The monoisotopic (exact) mass is 482 g/mol. The molecule has 1 aliphatic heterocycles. The maximum Gasteiger partial charge on any atom is 0.254 e. The molecule has 1 saturated heterocycles. The number of pyridine rings is 2. The van der Waals surface area contributed by atoms with Crippen molar-refractivity contribution >= 4 is 22.7 Å². The van der Waals surface area contributed by atoms with Crippen molar-refractivity contribution in [1.82, 2.24) is 14.9 Å². The third kappa shape index (κ3) is 4.53. The van der Waals surface area contributed by atoms with E-state index in [-0.39, 0.29) is 12.0 Å². The van der Waals surface area contributed by atoms with Crippen molar-refractivity contribution in [3.05, 3.63) is 71.3 Å². The third-order valence-electron chi connectivity index (χ3n) is 6.23. The van der Waals surface area contributed by atoms with Gasteiger partial charge in [0.15, 0.2) is 11.3 Å². The fourth-order valence-electron chi connectivity index (χ4n) is 4.34. The lowest BCUT2D eigenvalue weighted by Gasteiger charge is -2.24. The summed E-state index contributed by atoms with van der Waals surface area (Å²) in [7, 11) is 3.42. The van der Waals surface area contributed by atoms with E-state index >= 15 is 0 Å². The lowest BCUT2D eigenvalue weighted by Crippen LogP contribution is -2.25. The molecule has 0 aliphatic carbocycles. The number of amides is 1. The molecule has 5 rings (SSSR count). The van der Waals surface area contributed by atoms with Crippen LogP contribution in [-0.4, -0.2) is 54.2 Å². The van der Waals surface area contributed by atoms with Crippen molar-refractivity contribution in [2.24, 2.45) is 0 Å². The summed E-state index contributed by atoms with van der Waals surface area (Å²) in [5.41, 5.74) is 5.40. The van der Waals surface area contributed by atoms with Crippen molar-refractivity contribution in [2.75, 3.05) is 27.3 Å². The van der Waals surface area contributed by atoms with Crippen LogP contribution in [0.3, 0.4) is 0 Å². The van der Waals surface area contributed by atoms with Crippen LogP contribution in [0.5, 0.6) is 5.75 Å². The average Bonchev–Trinajstić information content (AvgIpc) is 3.33. The highest BCUT2D eigenvalue weighted by molar-refractivity contribution is 5.95. The summed E-state index contributed by atoms with van der Waals surface area (Å²) in [5.74, 6) is 1.04. The Balaban J connectivity index is 1.49. The fourth-order valence-corrected chi connectivity index (χ4v) is 4.34. The number of hydrogen-bond donors (Lipinski definition) is 0. The number of hydrogen-bond acceptors (Lipinski definition) is 6. The Morgan fingerprint density at radius 3 is 2.67 bits per heavy atom. The maximum atomic E-state index is 12.3. The van der Waals surface area contributed by atoms with E-state index in [1.54, 1.807) is 26.5 Å². The number of carbonyl (C=O) groups is 1. The van der Waals surface area contributed by atoms with Gasteiger partial charge in [-0.25, -0.2) is 4.85 Å². The van der Waals surface area contributed by atoms with Crippen LogP contribution in [0.1, 0.15) is 28.8 Å². The first kappa shape index (κ1) is 23.5. The molecule has 0 atom stereocenters. The first-order chi connectivity index (χ1) is 17.4. The van der Waals surface area contributed by atoms with Gasteiger partial charge in [0.25, 0.3) is 5.91 Å². The predicted octanol–water partition coefficient (Wildman–Crippen LogP) is 5.68. The SMILES string of the molecule is [C-]#[N+]c1cc(-c2ccnc3cc(-c4ncc(C(=O)N(C)C)cc4C)oc23)ccc1OC1CCOCC1. The minimum atomic E-state index is -0.106. The molecule has 1 fully saturated rings. The lowest BCUT2D eigenvalue weighted by atomic mass is 10.0. The van der Waals surface area contributed by atoms with Crippen molar-refractivity contribution in [3.63, 3.8) is 0 Å². The standard InChI is InChI=1S/C28H26N4O4/c1-17-13-19(28(33)32(3)4)16-31-26(17)25-15-23-27(36-25)21(7-10-30-23)18-5-6-24(22(14-18)29-2)35-20-8-11-34-12-9-20/h5-7,10,13-16,20H,8-9,11-12H2,1,3-4H3. The Labute approximate surface area is 209 Å². The van der Waals surface area contributed by atoms with Gasteiger partial charge >= 0.3 is 0 Å². The first-order valence-corrected chi connectivity index (χ1v) is 11.8. The molecule has 0 bridgehead atoms. The summed E-state index contributed by atoms with van der Waals surface area (Å²) in [6.07, 6.45) is 4.97. The Morgan fingerprint density at radius 2 is 1.94 bits per heavy atom. The van der Waals surface area contributed by atoms with Crippen LogP contribution < -0.4 is 4.74 Å². The van der Waals surface area contributed by atoms with E-state index in [0.717, 1.165) is 29.5 Å². The molecule has 36 heavy (non-hydrogen) atoms. The molecule has 1 aliphatic rings. The van der Waals surface area contributed by atoms with Crippen molar-refractivity contribution < 1.29 is 18.7 Å². The van der Waals surface area contributed by atoms with E-state index in [9.17, 15) is 4.79 Å². The number of furan rings is 1. The summed E-state index contributed by atoms with van der Waals surface area (Å²) in [4.78, 5) is 26.5. The van der Waals surface area contributed by atoms with Crippen LogP contribution in [0.25, 0.3) is 38.5 Å². The number of benzene rings is 1. The van der Waals surface area contributed by atoms with Gasteiger partial charge in [-0.2, -0.15) is 0 Å². The second-order valence-electron chi connectivity index (χ2n) is 9.00. The van der Waals surface area contributed by atoms with Gasteiger partial charge in [-0.3, -0.25) is 14.8 Å². The predicted molar refractivity (Wildman–Crippen MR) is 136 cm³/mol. The Bertz CT molecular complexity index is 1480. The minimum Gasteiger partial charge on any atom is -0.501 e. The van der Waals surface area contributed by atoms with Gasteiger partial charge in [0, 0.05) is 51.0 Å². The van der Waals surface area contributed by atoms with Crippen LogP contribution >= 0.6 is 0 Å². The summed E-state index contributed by atoms with van der Waals surface area (Å²) in [6.45, 7) is 10.9. The first-order valence-electron chi connectivity index (χ1n) is 11.8. The van der Waals surface area contributed by atoms with Gasteiger partial charge in [0.05, 0.1) is 25.3 Å². The molecule has 182 valence electrons. The van der Waals surface area contributed by atoms with Crippen molar-refractivity contribution in [1.29, 1.82) is 0 Å². The molecule has 4 aromatic rings. The fraction of sp³-hybridized carbons (Fsp3) is 0.286. The van der Waals surface area contributed by atoms with Gasteiger partial charge in [0.1, 0.15) is 23.1 Å². The normalized spacial score (nSPS) is 13.9. The van der Waals surface area contributed by atoms with E-state index in [0.29, 0.717) is 52.8 Å². The maximum absolute atomic E-state index is 12.3. The molecular weight excluding hydrogens is 456 g/mol. The topological polar surface area (TPSA) is 82.1 Å². The van der Waals surface area contributed by atoms with Crippen molar-refractivity contribution in [3.8, 4) is 28.3 Å². The number of carbonyl (C=O) groups excluding carboxylic acids is 1. The molecular formula is C28H26N4O4. The zero-order chi connectivity index (χ0) is 25.2.